The Morgan fingerprint density at radius 2 is 1.74 bits per heavy atom. The molecule has 7 nitrogen and oxygen atoms in total. The Balaban J connectivity index is 1.38. The number of imide groups is 1. The van der Waals surface area contributed by atoms with Crippen molar-refractivity contribution in [2.24, 2.45) is 7.05 Å². The lowest BCUT2D eigenvalue weighted by atomic mass is 10.2. The SMILES string of the molecule is Cc1cc(/C=C2\SC(=O)N(CC(=O)N3CCN(c4ccccc4)CC3)C2=O)c(C)n1C. The van der Waals surface area contributed by atoms with Crippen LogP contribution in [0.2, 0.25) is 0 Å². The molecule has 3 amide bonds. The van der Waals surface area contributed by atoms with Gasteiger partial charge in [0.05, 0.1) is 4.91 Å². The summed E-state index contributed by atoms with van der Waals surface area (Å²) >= 11 is 0.897. The van der Waals surface area contributed by atoms with Crippen LogP contribution in [0.15, 0.2) is 41.3 Å². The zero-order valence-electron chi connectivity index (χ0n) is 18.0. The Morgan fingerprint density at radius 3 is 2.35 bits per heavy atom. The van der Waals surface area contributed by atoms with Crippen molar-refractivity contribution < 1.29 is 14.4 Å². The fourth-order valence-corrected chi connectivity index (χ4v) is 4.73. The first kappa shape index (κ1) is 21.2. The third-order valence-electron chi connectivity index (χ3n) is 6.02. The summed E-state index contributed by atoms with van der Waals surface area (Å²) in [6.45, 7) is 6.35. The van der Waals surface area contributed by atoms with E-state index < -0.39 is 11.1 Å². The van der Waals surface area contributed by atoms with E-state index >= 15 is 0 Å². The molecule has 2 aliphatic rings. The van der Waals surface area contributed by atoms with Crippen LogP contribution in [0.25, 0.3) is 6.08 Å². The van der Waals surface area contributed by atoms with Gasteiger partial charge in [0.25, 0.3) is 11.1 Å². The van der Waals surface area contributed by atoms with Gasteiger partial charge in [-0.2, -0.15) is 0 Å². The van der Waals surface area contributed by atoms with Crippen molar-refractivity contribution >= 4 is 40.6 Å². The highest BCUT2D eigenvalue weighted by Gasteiger charge is 2.37. The van der Waals surface area contributed by atoms with Crippen molar-refractivity contribution in [3.05, 3.63) is 58.3 Å². The van der Waals surface area contributed by atoms with Crippen molar-refractivity contribution in [1.82, 2.24) is 14.4 Å². The van der Waals surface area contributed by atoms with Crippen LogP contribution < -0.4 is 4.90 Å². The number of benzene rings is 1. The van der Waals surface area contributed by atoms with Crippen LogP contribution >= 0.6 is 11.8 Å². The van der Waals surface area contributed by atoms with Gasteiger partial charge >= 0.3 is 0 Å². The second-order valence-corrected chi connectivity index (χ2v) is 8.85. The van der Waals surface area contributed by atoms with Crippen molar-refractivity contribution in [2.75, 3.05) is 37.6 Å². The molecule has 1 aromatic carbocycles. The quantitative estimate of drug-likeness (QED) is 0.687. The van der Waals surface area contributed by atoms with Gasteiger partial charge in [-0.25, -0.2) is 0 Å². The number of amides is 3. The van der Waals surface area contributed by atoms with E-state index in [-0.39, 0.29) is 12.5 Å². The van der Waals surface area contributed by atoms with Gasteiger partial charge in [-0.3, -0.25) is 19.3 Å². The molecule has 0 N–H and O–H groups in total. The number of piperazine rings is 1. The van der Waals surface area contributed by atoms with Crippen LogP contribution in [0.1, 0.15) is 17.0 Å². The minimum Gasteiger partial charge on any atom is -0.368 e. The first-order chi connectivity index (χ1) is 14.8. The first-order valence-electron chi connectivity index (χ1n) is 10.3. The Kier molecular flexibility index (Phi) is 5.91. The molecule has 0 spiro atoms. The number of para-hydroxylation sites is 1. The molecule has 2 aliphatic heterocycles. The van der Waals surface area contributed by atoms with Crippen LogP contribution in [0.3, 0.4) is 0 Å². The van der Waals surface area contributed by atoms with Gasteiger partial charge in [0, 0.05) is 50.3 Å². The van der Waals surface area contributed by atoms with Crippen LogP contribution in [0.4, 0.5) is 10.5 Å². The van der Waals surface area contributed by atoms with Crippen LogP contribution in [0.5, 0.6) is 0 Å². The van der Waals surface area contributed by atoms with Gasteiger partial charge in [-0.15, -0.1) is 0 Å². The molecular formula is C23H26N4O3S. The molecule has 2 aromatic rings. The molecular weight excluding hydrogens is 412 g/mol. The fourth-order valence-electron chi connectivity index (χ4n) is 3.90. The predicted molar refractivity (Wildman–Crippen MR) is 123 cm³/mol. The number of aromatic nitrogens is 1. The van der Waals surface area contributed by atoms with E-state index in [4.69, 9.17) is 0 Å². The van der Waals surface area contributed by atoms with Gasteiger partial charge in [-0.05, 0) is 55.4 Å². The zero-order chi connectivity index (χ0) is 22.1. The van der Waals surface area contributed by atoms with Gasteiger partial charge in [0.15, 0.2) is 0 Å². The molecule has 4 rings (SSSR count). The smallest absolute Gasteiger partial charge is 0.294 e. The largest absolute Gasteiger partial charge is 0.368 e. The lowest BCUT2D eigenvalue weighted by molar-refractivity contribution is -0.136. The summed E-state index contributed by atoms with van der Waals surface area (Å²) in [5.74, 6) is -0.588. The molecule has 0 atom stereocenters. The second-order valence-electron chi connectivity index (χ2n) is 7.86. The Labute approximate surface area is 186 Å². The average Bonchev–Trinajstić information content (AvgIpc) is 3.18. The summed E-state index contributed by atoms with van der Waals surface area (Å²) in [6, 6.07) is 12.1. The molecule has 0 saturated carbocycles. The third-order valence-corrected chi connectivity index (χ3v) is 6.93. The molecule has 162 valence electrons. The summed E-state index contributed by atoms with van der Waals surface area (Å²) in [6.07, 6.45) is 1.75. The van der Waals surface area contributed by atoms with Gasteiger partial charge < -0.3 is 14.4 Å². The number of aryl methyl sites for hydroxylation is 1. The molecule has 0 unspecified atom stereocenters. The molecule has 8 heteroatoms. The highest BCUT2D eigenvalue weighted by atomic mass is 32.2. The monoisotopic (exact) mass is 438 g/mol. The maximum Gasteiger partial charge on any atom is 0.294 e. The molecule has 2 saturated heterocycles. The van der Waals surface area contributed by atoms with E-state index in [1.807, 2.05) is 49.7 Å². The molecule has 1 aromatic heterocycles. The lowest BCUT2D eigenvalue weighted by Gasteiger charge is -2.36. The number of nitrogens with zero attached hydrogens (tertiary/aromatic N) is 4. The Bertz CT molecular complexity index is 1050. The predicted octanol–water partition coefficient (Wildman–Crippen LogP) is 3.03. The van der Waals surface area contributed by atoms with Crippen LogP contribution in [-0.4, -0.2) is 64.1 Å². The van der Waals surface area contributed by atoms with E-state index in [9.17, 15) is 14.4 Å². The number of carbonyl (C=O) groups excluding carboxylic acids is 3. The third kappa shape index (κ3) is 4.25. The Morgan fingerprint density at radius 1 is 1.06 bits per heavy atom. The van der Waals surface area contributed by atoms with Gasteiger partial charge in [0.1, 0.15) is 6.54 Å². The van der Waals surface area contributed by atoms with E-state index in [0.29, 0.717) is 18.0 Å². The van der Waals surface area contributed by atoms with Gasteiger partial charge in [-0.1, -0.05) is 18.2 Å². The number of carbonyl (C=O) groups is 3. The summed E-state index contributed by atoms with van der Waals surface area (Å²) in [5.41, 5.74) is 4.15. The number of hydrogen-bond acceptors (Lipinski definition) is 5. The Hall–Kier alpha value is -3.00. The van der Waals surface area contributed by atoms with Crippen LogP contribution in [0, 0.1) is 13.8 Å². The summed E-state index contributed by atoms with van der Waals surface area (Å²) < 4.78 is 2.04. The van der Waals surface area contributed by atoms with E-state index in [1.165, 1.54) is 0 Å². The highest BCUT2D eigenvalue weighted by Crippen LogP contribution is 2.33. The normalized spacial score (nSPS) is 18.4. The molecule has 0 bridgehead atoms. The van der Waals surface area contributed by atoms with Crippen molar-refractivity contribution in [3.63, 3.8) is 0 Å². The number of rotatable bonds is 4. The number of hydrogen-bond donors (Lipinski definition) is 0. The first-order valence-corrected chi connectivity index (χ1v) is 11.1. The van der Waals surface area contributed by atoms with E-state index in [0.717, 1.165) is 52.4 Å². The average molecular weight is 439 g/mol. The van der Waals surface area contributed by atoms with Crippen LogP contribution in [-0.2, 0) is 16.6 Å². The minimum absolute atomic E-state index is 0.192. The zero-order valence-corrected chi connectivity index (χ0v) is 18.8. The highest BCUT2D eigenvalue weighted by molar-refractivity contribution is 8.18. The van der Waals surface area contributed by atoms with E-state index in [2.05, 4.69) is 17.0 Å². The van der Waals surface area contributed by atoms with Crippen molar-refractivity contribution in [3.8, 4) is 0 Å². The number of anilines is 1. The van der Waals surface area contributed by atoms with Crippen molar-refractivity contribution in [2.45, 2.75) is 13.8 Å². The second kappa shape index (κ2) is 8.63. The van der Waals surface area contributed by atoms with Gasteiger partial charge in [0.2, 0.25) is 5.91 Å². The topological polar surface area (TPSA) is 65.9 Å². The standard InChI is InChI=1S/C23H26N4O3S/c1-16-13-18(17(2)24(16)3)14-20-22(29)27(23(30)31-20)15-21(28)26-11-9-25(10-12-26)19-7-5-4-6-8-19/h4-8,13-14H,9-12,15H2,1-3H3/b20-14-. The number of thioether (sulfide) groups is 1. The fraction of sp³-hybridized carbons (Fsp3) is 0.348. The molecule has 3 heterocycles. The summed E-state index contributed by atoms with van der Waals surface area (Å²) in [5, 5.41) is -0.391. The summed E-state index contributed by atoms with van der Waals surface area (Å²) in [4.78, 5) is 43.4. The lowest BCUT2D eigenvalue weighted by Crippen LogP contribution is -2.51. The minimum atomic E-state index is -0.396. The molecule has 2 fully saturated rings. The maximum atomic E-state index is 12.8. The molecule has 0 aliphatic carbocycles. The maximum absolute atomic E-state index is 12.8. The van der Waals surface area contributed by atoms with E-state index in [1.54, 1.807) is 11.0 Å². The van der Waals surface area contributed by atoms with Crippen molar-refractivity contribution in [1.29, 1.82) is 0 Å². The summed E-state index contributed by atoms with van der Waals surface area (Å²) in [7, 11) is 1.96. The molecule has 0 radical (unpaired) electrons. The molecule has 31 heavy (non-hydrogen) atoms.